The van der Waals surface area contributed by atoms with Gasteiger partial charge in [0.2, 0.25) is 0 Å². The molecule has 5 rings (SSSR count). The molecule has 1 aliphatic heterocycles. The van der Waals surface area contributed by atoms with Gasteiger partial charge < -0.3 is 23.6 Å². The topological polar surface area (TPSA) is 86.9 Å². The van der Waals surface area contributed by atoms with Gasteiger partial charge in [0.1, 0.15) is 23.0 Å². The highest BCUT2D eigenvalue weighted by Gasteiger charge is 2.36. The van der Waals surface area contributed by atoms with Crippen LogP contribution in [0, 0.1) is 0 Å². The number of halogens is 3. The van der Waals surface area contributed by atoms with E-state index in [1.165, 1.54) is 12.1 Å². The predicted octanol–water partition coefficient (Wildman–Crippen LogP) is 6.19. The maximum atomic E-state index is 13.0. The van der Waals surface area contributed by atoms with Gasteiger partial charge in [-0.1, -0.05) is 23.4 Å². The number of aryl methyl sites for hydroxylation is 1. The molecule has 0 atom stereocenters. The summed E-state index contributed by atoms with van der Waals surface area (Å²) >= 11 is 0. The Morgan fingerprint density at radius 2 is 1.88 bits per heavy atom. The summed E-state index contributed by atoms with van der Waals surface area (Å²) in [5.41, 5.74) is 2.21. The van der Waals surface area contributed by atoms with Crippen molar-refractivity contribution in [3.05, 3.63) is 59.5 Å². The number of carbonyl (C=O) groups excluding carboxylic acids is 1. The Morgan fingerprint density at radius 3 is 2.55 bits per heavy atom. The summed E-state index contributed by atoms with van der Waals surface area (Å²) in [6.07, 6.45) is 1.34. The highest BCUT2D eigenvalue weighted by molar-refractivity contribution is 5.70. The molecule has 214 valence electrons. The van der Waals surface area contributed by atoms with Crippen molar-refractivity contribution >= 4 is 11.8 Å². The lowest BCUT2D eigenvalue weighted by Gasteiger charge is -2.32. The van der Waals surface area contributed by atoms with Crippen LogP contribution in [0.1, 0.15) is 61.8 Å². The van der Waals surface area contributed by atoms with Gasteiger partial charge in [-0.15, -0.1) is 13.2 Å². The van der Waals surface area contributed by atoms with Gasteiger partial charge in [0.05, 0.1) is 19.3 Å². The summed E-state index contributed by atoms with van der Waals surface area (Å²) < 4.78 is 60.2. The van der Waals surface area contributed by atoms with Crippen molar-refractivity contribution in [1.82, 2.24) is 10.1 Å². The number of nitrogens with zero attached hydrogens (tertiary/aromatic N) is 3. The zero-order valence-corrected chi connectivity index (χ0v) is 22.3. The van der Waals surface area contributed by atoms with Crippen LogP contribution in [-0.2, 0) is 27.3 Å². The maximum absolute atomic E-state index is 13.0. The molecule has 1 aromatic carbocycles. The molecule has 1 saturated heterocycles. The molecule has 8 nitrogen and oxygen atoms in total. The molecule has 1 saturated carbocycles. The molecule has 0 bridgehead atoms. The van der Waals surface area contributed by atoms with E-state index in [9.17, 15) is 18.0 Å². The van der Waals surface area contributed by atoms with Crippen molar-refractivity contribution in [2.45, 2.75) is 70.4 Å². The Morgan fingerprint density at radius 1 is 1.10 bits per heavy atom. The van der Waals surface area contributed by atoms with Gasteiger partial charge >= 0.3 is 12.3 Å². The molecule has 2 aliphatic rings. The van der Waals surface area contributed by atoms with Crippen LogP contribution in [0.5, 0.6) is 5.75 Å². The molecule has 2 aromatic heterocycles. The van der Waals surface area contributed by atoms with E-state index in [2.05, 4.69) is 19.8 Å². The molecule has 0 amide bonds. The van der Waals surface area contributed by atoms with Crippen molar-refractivity contribution in [3.63, 3.8) is 0 Å². The zero-order chi connectivity index (χ0) is 28.1. The van der Waals surface area contributed by atoms with E-state index < -0.39 is 6.36 Å². The van der Waals surface area contributed by atoms with Gasteiger partial charge in [0, 0.05) is 42.8 Å². The number of para-hydroxylation sites is 1. The van der Waals surface area contributed by atoms with Crippen LogP contribution in [0.3, 0.4) is 0 Å². The molecule has 0 radical (unpaired) electrons. The number of piperidine rings is 1. The average Bonchev–Trinajstić information content (AvgIpc) is 3.70. The summed E-state index contributed by atoms with van der Waals surface area (Å²) in [6.45, 7) is 3.88. The van der Waals surface area contributed by atoms with Crippen molar-refractivity contribution < 1.29 is 36.7 Å². The minimum Gasteiger partial charge on any atom is -0.466 e. The number of esters is 1. The fourth-order valence-electron chi connectivity index (χ4n) is 4.90. The van der Waals surface area contributed by atoms with Crippen LogP contribution in [0.2, 0.25) is 0 Å². The van der Waals surface area contributed by atoms with E-state index in [-0.39, 0.29) is 35.9 Å². The first-order chi connectivity index (χ1) is 19.3. The van der Waals surface area contributed by atoms with Gasteiger partial charge in [0.15, 0.2) is 0 Å². The third-order valence-electron chi connectivity index (χ3n) is 7.10. The maximum Gasteiger partial charge on any atom is 0.573 e. The molecule has 1 aliphatic carbocycles. The Bertz CT molecular complexity index is 1280. The van der Waals surface area contributed by atoms with E-state index in [1.54, 1.807) is 25.3 Å². The SMILES string of the molecule is CCOC(=O)CCc1ccc(N2CCC(OCc3c(-c4ccccc4OC(F)(F)F)noc3C3CC3)CC2)nc1. The number of alkyl halides is 3. The van der Waals surface area contributed by atoms with Gasteiger partial charge in [0.25, 0.3) is 0 Å². The lowest BCUT2D eigenvalue weighted by molar-refractivity contribution is -0.274. The van der Waals surface area contributed by atoms with Crippen LogP contribution in [0.25, 0.3) is 11.3 Å². The van der Waals surface area contributed by atoms with Gasteiger partial charge in [-0.25, -0.2) is 4.98 Å². The monoisotopic (exact) mass is 559 g/mol. The van der Waals surface area contributed by atoms with E-state index in [1.807, 2.05) is 12.1 Å². The number of hydrogen-bond donors (Lipinski definition) is 0. The summed E-state index contributed by atoms with van der Waals surface area (Å²) in [4.78, 5) is 18.4. The minimum absolute atomic E-state index is 0.0171. The number of ether oxygens (including phenoxy) is 3. The summed E-state index contributed by atoms with van der Waals surface area (Å²) in [5.74, 6) is 1.23. The number of anilines is 1. The van der Waals surface area contributed by atoms with E-state index in [0.29, 0.717) is 36.5 Å². The molecule has 3 heterocycles. The first-order valence-electron chi connectivity index (χ1n) is 13.6. The van der Waals surface area contributed by atoms with E-state index in [4.69, 9.17) is 14.0 Å². The highest BCUT2D eigenvalue weighted by Crippen LogP contribution is 2.45. The Balaban J connectivity index is 1.19. The molecule has 0 unspecified atom stereocenters. The fraction of sp³-hybridized carbons (Fsp3) is 0.483. The molecule has 3 aromatic rings. The highest BCUT2D eigenvalue weighted by atomic mass is 19.4. The fourth-order valence-corrected chi connectivity index (χ4v) is 4.90. The Hall–Kier alpha value is -3.60. The number of rotatable bonds is 11. The summed E-state index contributed by atoms with van der Waals surface area (Å²) in [5, 5.41) is 4.15. The third-order valence-corrected chi connectivity index (χ3v) is 7.10. The molecule has 40 heavy (non-hydrogen) atoms. The number of pyridine rings is 1. The number of aromatic nitrogens is 2. The van der Waals surface area contributed by atoms with Crippen molar-refractivity contribution in [2.75, 3.05) is 24.6 Å². The molecule has 11 heteroatoms. The molecular weight excluding hydrogens is 527 g/mol. The van der Waals surface area contributed by atoms with E-state index in [0.717, 1.165) is 50.2 Å². The second-order valence-corrected chi connectivity index (χ2v) is 10.0. The van der Waals surface area contributed by atoms with Crippen molar-refractivity contribution in [1.29, 1.82) is 0 Å². The standard InChI is InChI=1S/C29H32F3N3O5/c1-2-37-26(36)12-8-19-7-11-25(33-17-19)35-15-13-21(14-16-35)38-18-23-27(34-40-28(23)20-9-10-20)22-5-3-4-6-24(22)39-29(30,31)32/h3-7,11,17,20-21H,2,8-10,12-16,18H2,1H3. The molecule has 0 N–H and O–H groups in total. The molecule has 0 spiro atoms. The second-order valence-electron chi connectivity index (χ2n) is 10.0. The summed E-state index contributed by atoms with van der Waals surface area (Å²) in [6, 6.07) is 9.90. The van der Waals surface area contributed by atoms with Gasteiger partial charge in [-0.2, -0.15) is 0 Å². The van der Waals surface area contributed by atoms with E-state index >= 15 is 0 Å². The summed E-state index contributed by atoms with van der Waals surface area (Å²) in [7, 11) is 0. The van der Waals surface area contributed by atoms with Gasteiger partial charge in [-0.05, 0) is 62.8 Å². The third kappa shape index (κ3) is 7.12. The second kappa shape index (κ2) is 12.3. The first kappa shape index (κ1) is 27.9. The number of benzene rings is 1. The Labute approximate surface area is 230 Å². The molecule has 2 fully saturated rings. The predicted molar refractivity (Wildman–Crippen MR) is 140 cm³/mol. The molecular formula is C29H32F3N3O5. The Kier molecular flexibility index (Phi) is 8.58. The van der Waals surface area contributed by atoms with Crippen LogP contribution < -0.4 is 9.64 Å². The van der Waals surface area contributed by atoms with Crippen LogP contribution in [-0.4, -0.2) is 48.3 Å². The normalized spacial score (nSPS) is 16.2. The van der Waals surface area contributed by atoms with Crippen LogP contribution >= 0.6 is 0 Å². The lowest BCUT2D eigenvalue weighted by Crippen LogP contribution is -2.37. The number of carbonyl (C=O) groups is 1. The first-order valence-corrected chi connectivity index (χ1v) is 13.6. The minimum atomic E-state index is -4.82. The zero-order valence-electron chi connectivity index (χ0n) is 22.3. The lowest BCUT2D eigenvalue weighted by atomic mass is 10.0. The quantitative estimate of drug-likeness (QED) is 0.257. The number of hydrogen-bond acceptors (Lipinski definition) is 8. The van der Waals surface area contributed by atoms with Crippen molar-refractivity contribution in [2.24, 2.45) is 0 Å². The smallest absolute Gasteiger partial charge is 0.466 e. The largest absolute Gasteiger partial charge is 0.573 e. The van der Waals surface area contributed by atoms with Gasteiger partial charge in [-0.3, -0.25) is 4.79 Å². The average molecular weight is 560 g/mol. The van der Waals surface area contributed by atoms with Crippen LogP contribution in [0.4, 0.5) is 19.0 Å². The van der Waals surface area contributed by atoms with Crippen LogP contribution in [0.15, 0.2) is 47.1 Å². The van der Waals surface area contributed by atoms with Crippen molar-refractivity contribution in [3.8, 4) is 17.0 Å².